The van der Waals surface area contributed by atoms with E-state index in [0.29, 0.717) is 0 Å². The molecule has 0 radical (unpaired) electrons. The molecule has 0 saturated heterocycles. The zero-order valence-corrected chi connectivity index (χ0v) is 14.4. The van der Waals surface area contributed by atoms with Crippen molar-refractivity contribution in [1.82, 2.24) is 15.0 Å². The van der Waals surface area contributed by atoms with Crippen LogP contribution in [0.2, 0.25) is 0 Å². The highest BCUT2D eigenvalue weighted by Gasteiger charge is 2.22. The summed E-state index contributed by atoms with van der Waals surface area (Å²) >= 11 is 3.61. The Labute approximate surface area is 137 Å². The van der Waals surface area contributed by atoms with Crippen LogP contribution in [0.4, 0.5) is 5.82 Å². The van der Waals surface area contributed by atoms with Crippen LogP contribution in [0.25, 0.3) is 10.2 Å². The first-order chi connectivity index (χ1) is 10.8. The molecule has 3 aromatic heterocycles. The van der Waals surface area contributed by atoms with Gasteiger partial charge in [0.05, 0.1) is 11.4 Å². The van der Waals surface area contributed by atoms with Gasteiger partial charge < -0.3 is 5.32 Å². The number of nitrogens with one attached hydrogen (secondary N) is 1. The van der Waals surface area contributed by atoms with Crippen molar-refractivity contribution in [2.24, 2.45) is 0 Å². The number of thiazole rings is 1. The molecule has 114 valence electrons. The molecule has 1 atom stereocenters. The molecule has 0 aromatic carbocycles. The first kappa shape index (κ1) is 14.1. The number of hydrogen-bond donors (Lipinski definition) is 1. The van der Waals surface area contributed by atoms with Crippen LogP contribution in [0.3, 0.4) is 0 Å². The average Bonchev–Trinajstić information content (AvgIpc) is 3.22. The van der Waals surface area contributed by atoms with E-state index in [-0.39, 0.29) is 6.04 Å². The highest BCUT2D eigenvalue weighted by atomic mass is 32.1. The molecule has 1 unspecified atom stereocenters. The standard InChI is InChI=1S/C16H18N4S2/c1-3-10-7-17-15(21-10)9(2)20-14-13-11-5-4-6-12(11)22-16(13)19-8-18-14/h7-9H,3-6H2,1-2H3,(H,18,19,20). The van der Waals surface area contributed by atoms with Crippen molar-refractivity contribution < 1.29 is 0 Å². The van der Waals surface area contributed by atoms with Crippen molar-refractivity contribution in [3.8, 4) is 0 Å². The summed E-state index contributed by atoms with van der Waals surface area (Å²) in [4.78, 5) is 17.4. The van der Waals surface area contributed by atoms with Crippen molar-refractivity contribution in [3.63, 3.8) is 0 Å². The van der Waals surface area contributed by atoms with E-state index in [1.54, 1.807) is 17.7 Å². The lowest BCUT2D eigenvalue weighted by atomic mass is 10.2. The van der Waals surface area contributed by atoms with Gasteiger partial charge in [0.15, 0.2) is 0 Å². The zero-order valence-electron chi connectivity index (χ0n) is 12.7. The Hall–Kier alpha value is -1.53. The summed E-state index contributed by atoms with van der Waals surface area (Å²) in [6.07, 6.45) is 8.30. The predicted octanol–water partition coefficient (Wildman–Crippen LogP) is 4.37. The quantitative estimate of drug-likeness (QED) is 0.771. The molecular formula is C16H18N4S2. The Morgan fingerprint density at radius 3 is 2.95 bits per heavy atom. The van der Waals surface area contributed by atoms with E-state index in [4.69, 9.17) is 0 Å². The number of fused-ring (bicyclic) bond motifs is 3. The molecule has 3 heterocycles. The number of aromatic nitrogens is 3. The van der Waals surface area contributed by atoms with Gasteiger partial charge in [0.1, 0.15) is 22.0 Å². The maximum absolute atomic E-state index is 4.54. The van der Waals surface area contributed by atoms with Gasteiger partial charge in [0.25, 0.3) is 0 Å². The number of anilines is 1. The van der Waals surface area contributed by atoms with Crippen molar-refractivity contribution >= 4 is 38.7 Å². The van der Waals surface area contributed by atoms with E-state index < -0.39 is 0 Å². The Morgan fingerprint density at radius 2 is 2.14 bits per heavy atom. The van der Waals surface area contributed by atoms with Gasteiger partial charge in [-0.3, -0.25) is 0 Å². The average molecular weight is 330 g/mol. The summed E-state index contributed by atoms with van der Waals surface area (Å²) in [5, 5.41) is 5.91. The number of thiophene rings is 1. The molecule has 1 aliphatic carbocycles. The summed E-state index contributed by atoms with van der Waals surface area (Å²) in [6, 6.07) is 0.167. The van der Waals surface area contributed by atoms with E-state index >= 15 is 0 Å². The van der Waals surface area contributed by atoms with Crippen molar-refractivity contribution in [3.05, 3.63) is 32.8 Å². The summed E-state index contributed by atoms with van der Waals surface area (Å²) < 4.78 is 0. The first-order valence-corrected chi connectivity index (χ1v) is 9.36. The molecule has 4 nitrogen and oxygen atoms in total. The van der Waals surface area contributed by atoms with E-state index in [2.05, 4.69) is 34.1 Å². The van der Waals surface area contributed by atoms with Crippen LogP contribution >= 0.6 is 22.7 Å². The lowest BCUT2D eigenvalue weighted by Gasteiger charge is -2.13. The van der Waals surface area contributed by atoms with Gasteiger partial charge in [-0.15, -0.1) is 22.7 Å². The van der Waals surface area contributed by atoms with Crippen molar-refractivity contribution in [2.75, 3.05) is 5.32 Å². The van der Waals surface area contributed by atoms with Crippen LogP contribution in [-0.2, 0) is 19.3 Å². The first-order valence-electron chi connectivity index (χ1n) is 7.72. The van der Waals surface area contributed by atoms with Crippen LogP contribution in [-0.4, -0.2) is 15.0 Å². The Kier molecular flexibility index (Phi) is 3.58. The second kappa shape index (κ2) is 5.59. The monoisotopic (exact) mass is 330 g/mol. The van der Waals surface area contributed by atoms with Gasteiger partial charge in [-0.1, -0.05) is 6.92 Å². The van der Waals surface area contributed by atoms with Crippen LogP contribution in [0.1, 0.15) is 46.6 Å². The third-order valence-corrected chi connectivity index (χ3v) is 6.67. The Morgan fingerprint density at radius 1 is 1.23 bits per heavy atom. The van der Waals surface area contributed by atoms with Gasteiger partial charge in [0.2, 0.25) is 0 Å². The largest absolute Gasteiger partial charge is 0.360 e. The SMILES string of the molecule is CCc1cnc(C(C)Nc2ncnc3sc4c(c23)CCC4)s1. The van der Waals surface area contributed by atoms with Gasteiger partial charge in [-0.2, -0.15) is 0 Å². The molecule has 0 fully saturated rings. The molecular weight excluding hydrogens is 312 g/mol. The molecule has 22 heavy (non-hydrogen) atoms. The van der Waals surface area contributed by atoms with Crippen LogP contribution in [0, 0.1) is 0 Å². The van der Waals surface area contributed by atoms with Crippen molar-refractivity contribution in [1.29, 1.82) is 0 Å². The highest BCUT2D eigenvalue weighted by molar-refractivity contribution is 7.19. The van der Waals surface area contributed by atoms with Crippen molar-refractivity contribution in [2.45, 2.75) is 45.6 Å². The maximum Gasteiger partial charge on any atom is 0.139 e. The second-order valence-electron chi connectivity index (χ2n) is 5.64. The maximum atomic E-state index is 4.54. The molecule has 1 N–H and O–H groups in total. The van der Waals surface area contributed by atoms with E-state index in [1.165, 1.54) is 33.5 Å². The molecule has 0 aliphatic heterocycles. The Bertz CT molecular complexity index is 821. The molecule has 0 saturated carbocycles. The smallest absolute Gasteiger partial charge is 0.139 e. The summed E-state index contributed by atoms with van der Waals surface area (Å²) in [7, 11) is 0. The molecule has 0 amide bonds. The topological polar surface area (TPSA) is 50.7 Å². The van der Waals surface area contributed by atoms with Gasteiger partial charge in [-0.05, 0) is 38.2 Å². The van der Waals surface area contributed by atoms with Crippen LogP contribution in [0.15, 0.2) is 12.5 Å². The fourth-order valence-corrected chi connectivity index (χ4v) is 5.08. The number of nitrogens with zero attached hydrogens (tertiary/aromatic N) is 3. The zero-order chi connectivity index (χ0) is 15.1. The van der Waals surface area contributed by atoms with Gasteiger partial charge in [-0.25, -0.2) is 15.0 Å². The third-order valence-electron chi connectivity index (χ3n) is 4.14. The molecule has 4 rings (SSSR count). The van der Waals surface area contributed by atoms with Gasteiger partial charge in [0, 0.05) is 16.0 Å². The minimum Gasteiger partial charge on any atom is -0.360 e. The number of hydrogen-bond acceptors (Lipinski definition) is 6. The van der Waals surface area contributed by atoms with E-state index in [0.717, 1.165) is 28.5 Å². The predicted molar refractivity (Wildman–Crippen MR) is 93.0 cm³/mol. The summed E-state index contributed by atoms with van der Waals surface area (Å²) in [5.74, 6) is 0.963. The minimum absolute atomic E-state index is 0.167. The second-order valence-corrected chi connectivity index (χ2v) is 7.87. The number of aryl methyl sites for hydroxylation is 3. The lowest BCUT2D eigenvalue weighted by molar-refractivity contribution is 0.861. The fourth-order valence-electron chi connectivity index (χ4n) is 2.99. The van der Waals surface area contributed by atoms with Crippen LogP contribution in [0.5, 0.6) is 0 Å². The summed E-state index contributed by atoms with van der Waals surface area (Å²) in [6.45, 7) is 4.32. The Balaban J connectivity index is 1.69. The third kappa shape index (κ3) is 2.30. The van der Waals surface area contributed by atoms with E-state index in [1.807, 2.05) is 17.5 Å². The van der Waals surface area contributed by atoms with E-state index in [9.17, 15) is 0 Å². The van der Waals surface area contributed by atoms with Crippen LogP contribution < -0.4 is 5.32 Å². The normalized spacial score (nSPS) is 15.2. The fraction of sp³-hybridized carbons (Fsp3) is 0.438. The molecule has 0 bridgehead atoms. The highest BCUT2D eigenvalue weighted by Crippen LogP contribution is 2.39. The summed E-state index contributed by atoms with van der Waals surface area (Å²) in [5.41, 5.74) is 1.46. The minimum atomic E-state index is 0.167. The molecule has 3 aromatic rings. The number of rotatable bonds is 4. The molecule has 0 spiro atoms. The molecule has 1 aliphatic rings. The lowest BCUT2D eigenvalue weighted by Crippen LogP contribution is -2.08. The molecule has 6 heteroatoms. The van der Waals surface area contributed by atoms with Gasteiger partial charge >= 0.3 is 0 Å².